The van der Waals surface area contributed by atoms with Crippen LogP contribution in [0.4, 0.5) is 12.9 Å². The molecule has 0 atom stereocenters. The summed E-state index contributed by atoms with van der Waals surface area (Å²) >= 11 is 0. The molecule has 1 saturated carbocycles. The molecule has 2 rings (SSSR count). The van der Waals surface area contributed by atoms with Gasteiger partial charge in [0.15, 0.2) is 0 Å². The number of halogens is 3. The second kappa shape index (κ2) is 4.13. The van der Waals surface area contributed by atoms with Crippen LogP contribution in [0.3, 0.4) is 0 Å². The van der Waals surface area contributed by atoms with E-state index >= 15 is 0 Å². The molecule has 0 amide bonds. The maximum atomic E-state index is 12.5. The number of benzene rings is 1. The van der Waals surface area contributed by atoms with Crippen molar-refractivity contribution in [2.24, 2.45) is 0 Å². The Morgan fingerprint density at radius 2 is 2.00 bits per heavy atom. The molecule has 1 aromatic carbocycles. The topological polar surface area (TPSA) is 3.24 Å². The van der Waals surface area contributed by atoms with Crippen LogP contribution in [0, 0.1) is 0 Å². The predicted molar refractivity (Wildman–Crippen MR) is 59.6 cm³/mol. The first-order valence-electron chi connectivity index (χ1n) is 5.46. The van der Waals surface area contributed by atoms with Crippen molar-refractivity contribution in [2.75, 3.05) is 7.05 Å². The molecule has 1 aliphatic rings. The zero-order valence-corrected chi connectivity index (χ0v) is 9.17. The third-order valence-corrected chi connectivity index (χ3v) is 2.93. The van der Waals surface area contributed by atoms with E-state index in [1.54, 1.807) is 6.07 Å². The molecule has 5 heteroatoms. The highest BCUT2D eigenvalue weighted by Gasteiger charge is 2.27. The number of nitrogens with zero attached hydrogens (tertiary/aromatic N) is 1. The Morgan fingerprint density at radius 1 is 1.31 bits per heavy atom. The van der Waals surface area contributed by atoms with Crippen LogP contribution in [0.25, 0.3) is 0 Å². The number of hydrogen-bond acceptors (Lipinski definition) is 1. The first kappa shape index (κ1) is 11.5. The van der Waals surface area contributed by atoms with Crippen molar-refractivity contribution >= 4 is 12.4 Å². The van der Waals surface area contributed by atoms with Crippen molar-refractivity contribution in [2.45, 2.75) is 25.4 Å². The Hall–Kier alpha value is -0.965. The Kier molecular flexibility index (Phi) is 2.97. The van der Waals surface area contributed by atoms with Gasteiger partial charge in [0.05, 0.1) is 0 Å². The summed E-state index contributed by atoms with van der Waals surface area (Å²) in [5.74, 6) is 0. The summed E-state index contributed by atoms with van der Waals surface area (Å²) < 4.78 is 37.6. The molecular formula is C11H14BF3N-. The Balaban J connectivity index is 2.09. The largest absolute Gasteiger partial charge is 0.509 e. The van der Waals surface area contributed by atoms with Crippen LogP contribution in [0.1, 0.15) is 18.4 Å². The average Bonchev–Trinajstić information content (AvgIpc) is 2.99. The molecule has 1 fully saturated rings. The van der Waals surface area contributed by atoms with Crippen LogP contribution < -0.4 is 5.46 Å². The minimum Gasteiger partial charge on any atom is -0.445 e. The van der Waals surface area contributed by atoms with Gasteiger partial charge in [-0.2, -0.15) is 0 Å². The molecule has 0 saturated heterocycles. The van der Waals surface area contributed by atoms with Gasteiger partial charge >= 0.3 is 6.98 Å². The van der Waals surface area contributed by atoms with Gasteiger partial charge in [-0.05, 0) is 25.5 Å². The lowest BCUT2D eigenvalue weighted by Gasteiger charge is -2.19. The van der Waals surface area contributed by atoms with Crippen molar-refractivity contribution in [3.63, 3.8) is 0 Å². The Labute approximate surface area is 93.3 Å². The van der Waals surface area contributed by atoms with Crippen LogP contribution >= 0.6 is 0 Å². The Bertz CT molecular complexity index is 374. The van der Waals surface area contributed by atoms with Gasteiger partial charge in [-0.25, -0.2) is 0 Å². The normalized spacial score (nSPS) is 16.8. The standard InChI is InChI=1S/C11H14BF3N/c1-16(11-5-6-11)8-9-3-2-4-10(7-9)12(13,14)15/h2-4,7,11H,5-6,8H2,1H3/q-1. The minimum atomic E-state index is -4.87. The van der Waals surface area contributed by atoms with Crippen molar-refractivity contribution < 1.29 is 12.9 Å². The van der Waals surface area contributed by atoms with Gasteiger partial charge in [0.1, 0.15) is 0 Å². The summed E-state index contributed by atoms with van der Waals surface area (Å²) in [6.07, 6.45) is 2.33. The number of rotatable bonds is 4. The van der Waals surface area contributed by atoms with E-state index in [0.29, 0.717) is 12.6 Å². The molecule has 88 valence electrons. The fourth-order valence-electron chi connectivity index (χ4n) is 1.83. The first-order chi connectivity index (χ1) is 7.47. The molecule has 0 spiro atoms. The van der Waals surface area contributed by atoms with E-state index in [1.165, 1.54) is 25.0 Å². The van der Waals surface area contributed by atoms with E-state index in [4.69, 9.17) is 0 Å². The molecule has 1 aromatic rings. The quantitative estimate of drug-likeness (QED) is 0.715. The van der Waals surface area contributed by atoms with E-state index in [-0.39, 0.29) is 0 Å². The molecule has 0 unspecified atom stereocenters. The van der Waals surface area contributed by atoms with Crippen LogP contribution in [0.5, 0.6) is 0 Å². The highest BCUT2D eigenvalue weighted by molar-refractivity contribution is 6.73. The third kappa shape index (κ3) is 2.79. The molecule has 0 radical (unpaired) electrons. The van der Waals surface area contributed by atoms with E-state index in [1.807, 2.05) is 7.05 Å². The zero-order valence-electron chi connectivity index (χ0n) is 9.17. The van der Waals surface area contributed by atoms with Gasteiger partial charge in [-0.15, -0.1) is 5.46 Å². The van der Waals surface area contributed by atoms with Crippen LogP contribution in [0.2, 0.25) is 0 Å². The summed E-state index contributed by atoms with van der Waals surface area (Å²) in [5.41, 5.74) is 0.243. The second-order valence-electron chi connectivity index (χ2n) is 4.47. The summed E-state index contributed by atoms with van der Waals surface area (Å²) in [7, 11) is 1.96. The van der Waals surface area contributed by atoms with Gasteiger partial charge in [-0.1, -0.05) is 24.3 Å². The maximum Gasteiger partial charge on any atom is 0.509 e. The van der Waals surface area contributed by atoms with Crippen LogP contribution in [-0.2, 0) is 6.54 Å². The van der Waals surface area contributed by atoms with Gasteiger partial charge in [0, 0.05) is 12.6 Å². The van der Waals surface area contributed by atoms with Crippen LogP contribution in [0.15, 0.2) is 24.3 Å². The summed E-state index contributed by atoms with van der Waals surface area (Å²) in [5, 5.41) is 0. The van der Waals surface area contributed by atoms with Crippen molar-refractivity contribution in [1.82, 2.24) is 4.90 Å². The molecule has 0 heterocycles. The zero-order chi connectivity index (χ0) is 11.8. The van der Waals surface area contributed by atoms with Crippen molar-refractivity contribution in [3.05, 3.63) is 29.8 Å². The molecule has 1 aliphatic carbocycles. The molecular weight excluding hydrogens is 214 g/mol. The predicted octanol–water partition coefficient (Wildman–Crippen LogP) is 2.34. The lowest BCUT2D eigenvalue weighted by Crippen LogP contribution is -2.34. The van der Waals surface area contributed by atoms with E-state index in [2.05, 4.69) is 4.90 Å². The lowest BCUT2D eigenvalue weighted by atomic mass is 9.79. The molecule has 1 nitrogen and oxygen atoms in total. The van der Waals surface area contributed by atoms with Gasteiger partial charge in [-0.3, -0.25) is 4.90 Å². The Morgan fingerprint density at radius 3 is 2.56 bits per heavy atom. The highest BCUT2D eigenvalue weighted by Crippen LogP contribution is 2.26. The lowest BCUT2D eigenvalue weighted by molar-refractivity contribution is 0.316. The van der Waals surface area contributed by atoms with Gasteiger partial charge in [0.2, 0.25) is 0 Å². The SMILES string of the molecule is CN(Cc1cccc([B-](F)(F)F)c1)C1CC1. The molecule has 0 N–H and O–H groups in total. The fraction of sp³-hybridized carbons (Fsp3) is 0.455. The molecule has 0 aromatic heterocycles. The average molecular weight is 228 g/mol. The van der Waals surface area contributed by atoms with E-state index < -0.39 is 12.4 Å². The highest BCUT2D eigenvalue weighted by atomic mass is 19.4. The maximum absolute atomic E-state index is 12.5. The second-order valence-corrected chi connectivity index (χ2v) is 4.47. The van der Waals surface area contributed by atoms with E-state index in [9.17, 15) is 12.9 Å². The number of hydrogen-bond donors (Lipinski definition) is 0. The van der Waals surface area contributed by atoms with Gasteiger partial charge < -0.3 is 12.9 Å². The van der Waals surface area contributed by atoms with Crippen LogP contribution in [-0.4, -0.2) is 25.0 Å². The smallest absolute Gasteiger partial charge is 0.445 e. The van der Waals surface area contributed by atoms with E-state index in [0.717, 1.165) is 11.6 Å². The minimum absolute atomic E-state index is 0.498. The van der Waals surface area contributed by atoms with Gasteiger partial charge in [0.25, 0.3) is 0 Å². The summed E-state index contributed by atoms with van der Waals surface area (Å²) in [4.78, 5) is 2.11. The van der Waals surface area contributed by atoms with Crippen molar-refractivity contribution in [1.29, 1.82) is 0 Å². The third-order valence-electron chi connectivity index (χ3n) is 2.93. The van der Waals surface area contributed by atoms with Crippen molar-refractivity contribution in [3.8, 4) is 0 Å². The summed E-state index contributed by atoms with van der Waals surface area (Å²) in [6, 6.07) is 6.21. The fourth-order valence-corrected chi connectivity index (χ4v) is 1.83. The first-order valence-corrected chi connectivity index (χ1v) is 5.46. The monoisotopic (exact) mass is 228 g/mol. The molecule has 0 bridgehead atoms. The summed E-state index contributed by atoms with van der Waals surface area (Å²) in [6.45, 7) is -4.27. The molecule has 0 aliphatic heterocycles. The molecule has 16 heavy (non-hydrogen) atoms.